The van der Waals surface area contributed by atoms with Gasteiger partial charge in [0.25, 0.3) is 0 Å². The minimum absolute atomic E-state index is 0. The van der Waals surface area contributed by atoms with Gasteiger partial charge in [0.2, 0.25) is 0 Å². The Kier molecular flexibility index (Phi) is 9.91. The number of anilines is 1. The molecule has 5 N–H and O–H groups in total. The van der Waals surface area contributed by atoms with Gasteiger partial charge in [0, 0.05) is 22.6 Å². The van der Waals surface area contributed by atoms with Gasteiger partial charge in [0.15, 0.2) is 15.2 Å². The van der Waals surface area contributed by atoms with Gasteiger partial charge in [0.05, 0.1) is 5.12 Å². The number of para-hydroxylation sites is 1. The Bertz CT molecular complexity index is 429. The van der Waals surface area contributed by atoms with Gasteiger partial charge in [-0.15, -0.1) is 0 Å². The van der Waals surface area contributed by atoms with E-state index in [1.165, 1.54) is 29.8 Å². The van der Waals surface area contributed by atoms with Crippen molar-refractivity contribution in [1.82, 2.24) is 5.53 Å². The number of thiocarbonyl (C=S) groups is 1. The van der Waals surface area contributed by atoms with E-state index in [1.807, 2.05) is 0 Å². The maximum absolute atomic E-state index is 10.4. The molecule has 0 aliphatic rings. The third-order valence-electron chi connectivity index (χ3n) is 1.34. The number of nitrogens with two attached hydrogens (primary N) is 2. The molecule has 0 fully saturated rings. The molecule has 12 heteroatoms. The molecule has 0 saturated heterocycles. The normalized spacial score (nSPS) is 8.00. The van der Waals surface area contributed by atoms with Gasteiger partial charge in [-0.25, -0.2) is 20.2 Å². The summed E-state index contributed by atoms with van der Waals surface area (Å²) in [6.45, 7) is 0. The van der Waals surface area contributed by atoms with Gasteiger partial charge in [-0.3, -0.25) is 0 Å². The largest absolute Gasteiger partial charge is 0.377 e. The van der Waals surface area contributed by atoms with Crippen molar-refractivity contribution in [2.75, 3.05) is 5.12 Å². The minimum atomic E-state index is -1.00. The Morgan fingerprint density at radius 1 is 1.21 bits per heavy atom. The third-order valence-corrected chi connectivity index (χ3v) is 1.34. The quantitative estimate of drug-likeness (QED) is 0.287. The molecular formula is C7H10CuN6O4S. The summed E-state index contributed by atoms with van der Waals surface area (Å²) in [7, 11) is 0. The van der Waals surface area contributed by atoms with Crippen molar-refractivity contribution in [2.45, 2.75) is 0 Å². The van der Waals surface area contributed by atoms with E-state index < -0.39 is 10.1 Å². The maximum Gasteiger partial charge on any atom is 0.190 e. The van der Waals surface area contributed by atoms with Crippen molar-refractivity contribution < 1.29 is 27.1 Å². The first-order valence-electron chi connectivity index (χ1n) is 4.29. The molecule has 10 nitrogen and oxygen atoms in total. The second-order valence-corrected chi connectivity index (χ2v) is 3.12. The fourth-order valence-corrected chi connectivity index (χ4v) is 0.835. The van der Waals surface area contributed by atoms with Crippen LogP contribution < -0.4 is 22.1 Å². The molecule has 1 aromatic carbocycles. The number of hydrazine groups is 3. The van der Waals surface area contributed by atoms with Crippen LogP contribution >= 0.6 is 12.2 Å². The fourth-order valence-electron chi connectivity index (χ4n) is 0.835. The summed E-state index contributed by atoms with van der Waals surface area (Å²) in [5.74, 6) is 0. The first kappa shape index (κ1) is 19.2. The summed E-state index contributed by atoms with van der Waals surface area (Å²) in [5.41, 5.74) is 10.8. The van der Waals surface area contributed by atoms with E-state index in [9.17, 15) is 20.2 Å². The van der Waals surface area contributed by atoms with Crippen molar-refractivity contribution in [3.63, 3.8) is 0 Å². The summed E-state index contributed by atoms with van der Waals surface area (Å²) in [6, 6.07) is 7.47. The first-order valence-corrected chi connectivity index (χ1v) is 4.70. The molecule has 0 saturated carbocycles. The Morgan fingerprint density at radius 3 is 1.95 bits per heavy atom. The van der Waals surface area contributed by atoms with E-state index in [4.69, 9.17) is 0 Å². The molecule has 1 radical (unpaired) electrons. The van der Waals surface area contributed by atoms with Crippen LogP contribution in [0, 0.1) is 20.2 Å². The summed E-state index contributed by atoms with van der Waals surface area (Å²) in [6.07, 6.45) is 0. The molecule has 19 heavy (non-hydrogen) atoms. The van der Waals surface area contributed by atoms with Crippen LogP contribution in [0.15, 0.2) is 30.3 Å². The second kappa shape index (κ2) is 9.82. The fraction of sp³-hybridized carbons (Fsp3) is 0. The molecule has 0 amide bonds. The van der Waals surface area contributed by atoms with Crippen molar-refractivity contribution in [2.24, 2.45) is 11.5 Å². The molecule has 0 aromatic heterocycles. The zero-order valence-corrected chi connectivity index (χ0v) is 11.0. The average molecular weight is 338 g/mol. The SMILES string of the molecule is NC(N)=S.O=[N+]([O-])NN(c1ccccc1)[N+](=O)[O-].[Cu]. The van der Waals surface area contributed by atoms with Gasteiger partial charge < -0.3 is 11.5 Å². The molecule has 0 heterocycles. The van der Waals surface area contributed by atoms with Crippen LogP contribution in [0.3, 0.4) is 0 Å². The van der Waals surface area contributed by atoms with Crippen molar-refractivity contribution in [3.8, 4) is 0 Å². The van der Waals surface area contributed by atoms with Crippen LogP contribution in [0.25, 0.3) is 0 Å². The predicted octanol–water partition coefficient (Wildman–Crippen LogP) is -0.433. The van der Waals surface area contributed by atoms with E-state index in [2.05, 4.69) is 23.7 Å². The van der Waals surface area contributed by atoms with Crippen molar-refractivity contribution in [1.29, 1.82) is 0 Å². The average Bonchev–Trinajstić information content (AvgIpc) is 2.25. The number of nitrogens with zero attached hydrogens (tertiary/aromatic N) is 3. The zero-order valence-electron chi connectivity index (χ0n) is 9.23. The molecule has 0 spiro atoms. The minimum Gasteiger partial charge on any atom is -0.377 e. The van der Waals surface area contributed by atoms with E-state index in [0.717, 1.165) is 0 Å². The third kappa shape index (κ3) is 9.52. The van der Waals surface area contributed by atoms with E-state index in [1.54, 1.807) is 6.07 Å². The summed E-state index contributed by atoms with van der Waals surface area (Å²) < 4.78 is 0. The maximum atomic E-state index is 10.4. The molecule has 0 atom stereocenters. The second-order valence-electron chi connectivity index (χ2n) is 2.64. The van der Waals surface area contributed by atoms with Crippen LogP contribution in [0.2, 0.25) is 0 Å². The molecular weight excluding hydrogens is 328 g/mol. The molecule has 0 aliphatic heterocycles. The molecule has 0 unspecified atom stereocenters. The number of hydrogen-bond acceptors (Lipinski definition) is 5. The van der Waals surface area contributed by atoms with E-state index in [0.29, 0.717) is 0 Å². The molecule has 0 aliphatic carbocycles. The topological polar surface area (TPSA) is 154 Å². The van der Waals surface area contributed by atoms with Gasteiger partial charge in [-0.05, 0) is 24.4 Å². The molecule has 1 aromatic rings. The van der Waals surface area contributed by atoms with Gasteiger partial charge >= 0.3 is 0 Å². The van der Waals surface area contributed by atoms with Crippen LogP contribution in [0.1, 0.15) is 0 Å². The Morgan fingerprint density at radius 2 is 1.63 bits per heavy atom. The van der Waals surface area contributed by atoms with Gasteiger partial charge in [0.1, 0.15) is 5.69 Å². The van der Waals surface area contributed by atoms with Crippen LogP contribution in [-0.2, 0) is 17.1 Å². The van der Waals surface area contributed by atoms with E-state index in [-0.39, 0.29) is 33.0 Å². The molecule has 0 bridgehead atoms. The van der Waals surface area contributed by atoms with Crippen LogP contribution in [0.4, 0.5) is 5.69 Å². The Labute approximate surface area is 123 Å². The van der Waals surface area contributed by atoms with Crippen molar-refractivity contribution in [3.05, 3.63) is 50.6 Å². The Balaban J connectivity index is 0. The van der Waals surface area contributed by atoms with Crippen molar-refractivity contribution >= 4 is 23.0 Å². The number of nitrogens with one attached hydrogen (secondary N) is 1. The number of hydrogen-bond donors (Lipinski definition) is 3. The number of rotatable bonds is 4. The number of nitro groups is 2. The predicted molar refractivity (Wildman–Crippen MR) is 67.0 cm³/mol. The monoisotopic (exact) mass is 337 g/mol. The van der Waals surface area contributed by atoms with Gasteiger partial charge in [-0.2, -0.15) is 0 Å². The van der Waals surface area contributed by atoms with Crippen LogP contribution in [-0.4, -0.2) is 15.2 Å². The number of benzene rings is 1. The first-order chi connectivity index (χ1) is 8.34. The summed E-state index contributed by atoms with van der Waals surface area (Å²) in [5, 5.41) is 18.7. The van der Waals surface area contributed by atoms with Gasteiger partial charge in [-0.1, -0.05) is 18.2 Å². The molecule has 1 rings (SSSR count). The molecule has 109 valence electrons. The Hall–Kier alpha value is -2.17. The standard InChI is InChI=1S/C6H6N4O4.CH4N2S.Cu/c11-9(12)7-8(10(13)14)6-4-2-1-3-5-6;2-1(3)4;/h1-5,7H;(H4,2,3,4);. The smallest absolute Gasteiger partial charge is 0.190 e. The zero-order chi connectivity index (χ0) is 14.1. The van der Waals surface area contributed by atoms with E-state index >= 15 is 0 Å². The summed E-state index contributed by atoms with van der Waals surface area (Å²) in [4.78, 5) is 20.4. The summed E-state index contributed by atoms with van der Waals surface area (Å²) >= 11 is 4.09. The van der Waals surface area contributed by atoms with Crippen LogP contribution in [0.5, 0.6) is 0 Å².